The minimum Gasteiger partial charge on any atom is -0.352 e. The fraction of sp³-hybridized carbons (Fsp3) is 0.571. The molecule has 0 amide bonds. The van der Waals surface area contributed by atoms with Crippen molar-refractivity contribution in [2.75, 3.05) is 4.90 Å². The Labute approximate surface area is 103 Å². The quantitative estimate of drug-likeness (QED) is 0.556. The van der Waals surface area contributed by atoms with Gasteiger partial charge in [-0.1, -0.05) is 49.1 Å². The van der Waals surface area contributed by atoms with Crippen molar-refractivity contribution in [3.63, 3.8) is 0 Å². The van der Waals surface area contributed by atoms with E-state index < -0.39 is 0 Å². The minimum atomic E-state index is 0.0745. The molecular formula is C14H20ClN. The first kappa shape index (κ1) is 11.8. The van der Waals surface area contributed by atoms with Gasteiger partial charge in [0.25, 0.3) is 0 Å². The lowest BCUT2D eigenvalue weighted by Crippen LogP contribution is -2.40. The summed E-state index contributed by atoms with van der Waals surface area (Å²) < 4.78 is 0. The van der Waals surface area contributed by atoms with Crippen LogP contribution in [0.1, 0.15) is 39.0 Å². The van der Waals surface area contributed by atoms with E-state index in [9.17, 15) is 0 Å². The molecule has 0 aliphatic heterocycles. The molecule has 0 aromatic heterocycles. The van der Waals surface area contributed by atoms with Crippen LogP contribution in [0.25, 0.3) is 0 Å². The summed E-state index contributed by atoms with van der Waals surface area (Å²) in [7, 11) is 0. The first-order valence-electron chi connectivity index (χ1n) is 6.26. The van der Waals surface area contributed by atoms with Gasteiger partial charge in [-0.05, 0) is 31.9 Å². The maximum atomic E-state index is 6.34. The van der Waals surface area contributed by atoms with Gasteiger partial charge in [-0.3, -0.25) is 0 Å². The highest BCUT2D eigenvalue weighted by atomic mass is 35.5. The third-order valence-corrected chi connectivity index (χ3v) is 3.62. The molecule has 16 heavy (non-hydrogen) atoms. The Morgan fingerprint density at radius 2 is 1.75 bits per heavy atom. The predicted molar refractivity (Wildman–Crippen MR) is 71.1 cm³/mol. The fourth-order valence-electron chi connectivity index (χ4n) is 2.67. The zero-order valence-electron chi connectivity index (χ0n) is 9.90. The summed E-state index contributed by atoms with van der Waals surface area (Å²) in [5, 5.41) is 0. The number of alkyl halides is 1. The van der Waals surface area contributed by atoms with Crippen LogP contribution in [0, 0.1) is 0 Å². The Morgan fingerprint density at radius 1 is 1.12 bits per heavy atom. The lowest BCUT2D eigenvalue weighted by Gasteiger charge is -2.38. The molecule has 0 saturated heterocycles. The lowest BCUT2D eigenvalue weighted by molar-refractivity contribution is 0.412. The normalized spacial score (nSPS) is 19.4. The van der Waals surface area contributed by atoms with Crippen molar-refractivity contribution in [3.05, 3.63) is 30.3 Å². The van der Waals surface area contributed by atoms with E-state index in [1.54, 1.807) is 0 Å². The Balaban J connectivity index is 2.16. The van der Waals surface area contributed by atoms with Crippen molar-refractivity contribution in [2.45, 2.75) is 50.6 Å². The molecule has 1 nitrogen and oxygen atoms in total. The summed E-state index contributed by atoms with van der Waals surface area (Å²) in [5.41, 5.74) is 1.34. The van der Waals surface area contributed by atoms with E-state index in [0.29, 0.717) is 6.04 Å². The number of halogens is 1. The SMILES string of the molecule is CC(Cl)N(c1ccccc1)C1CCCCC1. The Hall–Kier alpha value is -0.690. The van der Waals surface area contributed by atoms with Crippen LogP contribution in [0.5, 0.6) is 0 Å². The van der Waals surface area contributed by atoms with Gasteiger partial charge in [0.1, 0.15) is 5.50 Å². The van der Waals surface area contributed by atoms with Crippen LogP contribution < -0.4 is 4.90 Å². The molecular weight excluding hydrogens is 218 g/mol. The zero-order valence-corrected chi connectivity index (χ0v) is 10.7. The van der Waals surface area contributed by atoms with E-state index in [-0.39, 0.29) is 5.50 Å². The molecule has 0 bridgehead atoms. The smallest absolute Gasteiger partial charge is 0.101 e. The molecule has 1 aliphatic carbocycles. The summed E-state index contributed by atoms with van der Waals surface area (Å²) in [6.45, 7) is 2.07. The third-order valence-electron chi connectivity index (χ3n) is 3.41. The summed E-state index contributed by atoms with van der Waals surface area (Å²) in [6.07, 6.45) is 6.64. The van der Waals surface area contributed by atoms with Gasteiger partial charge < -0.3 is 4.90 Å². The van der Waals surface area contributed by atoms with Crippen LogP contribution in [0.4, 0.5) is 5.69 Å². The van der Waals surface area contributed by atoms with Gasteiger partial charge in [-0.15, -0.1) is 0 Å². The molecule has 0 heterocycles. The fourth-order valence-corrected chi connectivity index (χ4v) is 2.94. The molecule has 0 spiro atoms. The van der Waals surface area contributed by atoms with Crippen molar-refractivity contribution in [3.8, 4) is 0 Å². The summed E-state index contributed by atoms with van der Waals surface area (Å²) in [6, 6.07) is 11.2. The molecule has 1 saturated carbocycles. The topological polar surface area (TPSA) is 3.24 Å². The first-order chi connectivity index (χ1) is 7.79. The molecule has 2 rings (SSSR count). The van der Waals surface area contributed by atoms with E-state index >= 15 is 0 Å². The van der Waals surface area contributed by atoms with Crippen LogP contribution in [-0.4, -0.2) is 11.5 Å². The molecule has 88 valence electrons. The molecule has 1 aromatic carbocycles. The van der Waals surface area contributed by atoms with Crippen molar-refractivity contribution >= 4 is 17.3 Å². The van der Waals surface area contributed by atoms with E-state index in [1.165, 1.54) is 37.8 Å². The molecule has 1 fully saturated rings. The highest BCUT2D eigenvalue weighted by molar-refractivity contribution is 6.21. The van der Waals surface area contributed by atoms with Crippen molar-refractivity contribution in [1.29, 1.82) is 0 Å². The van der Waals surface area contributed by atoms with Crippen LogP contribution in [-0.2, 0) is 0 Å². The highest BCUT2D eigenvalue weighted by Crippen LogP contribution is 2.29. The molecule has 1 atom stereocenters. The second-order valence-electron chi connectivity index (χ2n) is 4.61. The highest BCUT2D eigenvalue weighted by Gasteiger charge is 2.24. The zero-order chi connectivity index (χ0) is 11.4. The maximum Gasteiger partial charge on any atom is 0.101 e. The monoisotopic (exact) mass is 237 g/mol. The second kappa shape index (κ2) is 5.58. The van der Waals surface area contributed by atoms with E-state index in [4.69, 9.17) is 11.6 Å². The number of hydrogen-bond donors (Lipinski definition) is 0. The average Bonchev–Trinajstić information content (AvgIpc) is 2.31. The van der Waals surface area contributed by atoms with Crippen molar-refractivity contribution in [1.82, 2.24) is 0 Å². The number of para-hydroxylation sites is 1. The van der Waals surface area contributed by atoms with Gasteiger partial charge >= 0.3 is 0 Å². The predicted octanol–water partition coefficient (Wildman–Crippen LogP) is 4.41. The van der Waals surface area contributed by atoms with Gasteiger partial charge in [-0.2, -0.15) is 0 Å². The number of anilines is 1. The maximum absolute atomic E-state index is 6.34. The molecule has 0 N–H and O–H groups in total. The minimum absolute atomic E-state index is 0.0745. The van der Waals surface area contributed by atoms with Gasteiger partial charge in [-0.25, -0.2) is 0 Å². The van der Waals surface area contributed by atoms with Gasteiger partial charge in [0.2, 0.25) is 0 Å². The van der Waals surface area contributed by atoms with E-state index in [2.05, 4.69) is 42.2 Å². The van der Waals surface area contributed by atoms with Crippen LogP contribution in [0.2, 0.25) is 0 Å². The van der Waals surface area contributed by atoms with Crippen LogP contribution in [0.15, 0.2) is 30.3 Å². The van der Waals surface area contributed by atoms with E-state index in [0.717, 1.165) is 0 Å². The molecule has 2 heteroatoms. The third kappa shape index (κ3) is 2.70. The van der Waals surface area contributed by atoms with Gasteiger partial charge in [0, 0.05) is 11.7 Å². The van der Waals surface area contributed by atoms with Crippen molar-refractivity contribution in [2.24, 2.45) is 0 Å². The Morgan fingerprint density at radius 3 is 2.31 bits per heavy atom. The Kier molecular flexibility index (Phi) is 4.11. The number of benzene rings is 1. The van der Waals surface area contributed by atoms with Crippen LogP contribution in [0.3, 0.4) is 0 Å². The summed E-state index contributed by atoms with van der Waals surface area (Å²) in [4.78, 5) is 2.38. The molecule has 0 radical (unpaired) electrons. The van der Waals surface area contributed by atoms with Gasteiger partial charge in [0.15, 0.2) is 0 Å². The summed E-state index contributed by atoms with van der Waals surface area (Å²) >= 11 is 6.34. The Bertz CT molecular complexity index is 304. The molecule has 1 aromatic rings. The molecule has 1 aliphatic rings. The van der Waals surface area contributed by atoms with Gasteiger partial charge in [0.05, 0.1) is 0 Å². The largest absolute Gasteiger partial charge is 0.352 e. The molecule has 1 unspecified atom stereocenters. The summed E-state index contributed by atoms with van der Waals surface area (Å²) in [5.74, 6) is 0. The number of hydrogen-bond acceptors (Lipinski definition) is 1. The number of nitrogens with zero attached hydrogens (tertiary/aromatic N) is 1. The van der Waals surface area contributed by atoms with E-state index in [1.807, 2.05) is 0 Å². The lowest BCUT2D eigenvalue weighted by atomic mass is 9.94. The number of rotatable bonds is 3. The standard InChI is InChI=1S/C14H20ClN/c1-12(15)16(13-8-4-2-5-9-13)14-10-6-3-7-11-14/h2,4-5,8-9,12,14H,3,6-7,10-11H2,1H3. The van der Waals surface area contributed by atoms with Crippen LogP contribution >= 0.6 is 11.6 Å². The first-order valence-corrected chi connectivity index (χ1v) is 6.70. The average molecular weight is 238 g/mol. The second-order valence-corrected chi connectivity index (χ2v) is 5.24. The van der Waals surface area contributed by atoms with Crippen molar-refractivity contribution < 1.29 is 0 Å².